The molecule has 0 unspecified atom stereocenters. The lowest BCUT2D eigenvalue weighted by atomic mass is 10.1. The summed E-state index contributed by atoms with van der Waals surface area (Å²) in [5.74, 6) is -0.187. The van der Waals surface area contributed by atoms with Crippen molar-refractivity contribution in [1.82, 2.24) is 25.3 Å². The van der Waals surface area contributed by atoms with Gasteiger partial charge in [-0.1, -0.05) is 0 Å². The van der Waals surface area contributed by atoms with Crippen molar-refractivity contribution in [2.75, 3.05) is 11.9 Å². The molecular weight excluding hydrogens is 328 g/mol. The Balaban J connectivity index is 0.00000169. The monoisotopic (exact) mass is 346 g/mol. The molecule has 0 radical (unpaired) electrons. The SMILES string of the molecule is CCn1ncc2ccc(NC(=O)c3n[nH]c4c3CNCC4)cc21.Cl. The number of aryl methyl sites for hydroxylation is 1. The van der Waals surface area contributed by atoms with Crippen LogP contribution in [-0.4, -0.2) is 32.4 Å². The Bertz CT molecular complexity index is 884. The van der Waals surface area contributed by atoms with Crippen molar-refractivity contribution >= 4 is 34.9 Å². The van der Waals surface area contributed by atoms with Crippen LogP contribution in [0.4, 0.5) is 5.69 Å². The Kier molecular flexibility index (Phi) is 4.55. The van der Waals surface area contributed by atoms with Crippen molar-refractivity contribution in [2.45, 2.75) is 26.4 Å². The number of H-pyrrole nitrogens is 1. The van der Waals surface area contributed by atoms with Gasteiger partial charge < -0.3 is 10.6 Å². The molecule has 126 valence electrons. The number of rotatable bonds is 3. The van der Waals surface area contributed by atoms with E-state index in [4.69, 9.17) is 0 Å². The highest BCUT2D eigenvalue weighted by Crippen LogP contribution is 2.21. The number of carbonyl (C=O) groups is 1. The Morgan fingerprint density at radius 2 is 2.29 bits per heavy atom. The van der Waals surface area contributed by atoms with Crippen LogP contribution in [0.15, 0.2) is 24.4 Å². The molecule has 0 fully saturated rings. The van der Waals surface area contributed by atoms with Gasteiger partial charge in [0.15, 0.2) is 5.69 Å². The molecule has 0 aliphatic carbocycles. The lowest BCUT2D eigenvalue weighted by molar-refractivity contribution is 0.102. The number of hydrogen-bond donors (Lipinski definition) is 3. The third kappa shape index (κ3) is 2.76. The van der Waals surface area contributed by atoms with E-state index in [0.717, 1.165) is 47.4 Å². The lowest BCUT2D eigenvalue weighted by Crippen LogP contribution is -2.25. The summed E-state index contributed by atoms with van der Waals surface area (Å²) in [4.78, 5) is 12.5. The highest BCUT2D eigenvalue weighted by molar-refractivity contribution is 6.04. The quantitative estimate of drug-likeness (QED) is 0.677. The number of carbonyl (C=O) groups excluding carboxylic acids is 1. The number of anilines is 1. The third-order valence-electron chi connectivity index (χ3n) is 4.22. The number of amides is 1. The van der Waals surface area contributed by atoms with Crippen LogP contribution in [0.2, 0.25) is 0 Å². The van der Waals surface area contributed by atoms with E-state index in [2.05, 4.69) is 25.9 Å². The first-order chi connectivity index (χ1) is 11.3. The van der Waals surface area contributed by atoms with E-state index in [1.807, 2.05) is 36.0 Å². The zero-order valence-electron chi connectivity index (χ0n) is 13.3. The molecule has 1 aliphatic heterocycles. The number of hydrogen-bond acceptors (Lipinski definition) is 4. The van der Waals surface area contributed by atoms with Crippen LogP contribution < -0.4 is 10.6 Å². The second kappa shape index (κ2) is 6.62. The topological polar surface area (TPSA) is 87.6 Å². The Hall–Kier alpha value is -2.38. The first-order valence-corrected chi connectivity index (χ1v) is 7.80. The molecule has 3 aromatic rings. The average molecular weight is 347 g/mol. The molecule has 2 aromatic heterocycles. The van der Waals surface area contributed by atoms with E-state index >= 15 is 0 Å². The number of fused-ring (bicyclic) bond motifs is 2. The normalized spacial score (nSPS) is 13.4. The van der Waals surface area contributed by atoms with Gasteiger partial charge in [0.2, 0.25) is 0 Å². The van der Waals surface area contributed by atoms with E-state index in [-0.39, 0.29) is 18.3 Å². The van der Waals surface area contributed by atoms with Crippen LogP contribution in [0.25, 0.3) is 10.9 Å². The highest BCUT2D eigenvalue weighted by atomic mass is 35.5. The van der Waals surface area contributed by atoms with E-state index in [9.17, 15) is 4.79 Å². The van der Waals surface area contributed by atoms with Crippen molar-refractivity contribution < 1.29 is 4.79 Å². The van der Waals surface area contributed by atoms with Gasteiger partial charge in [-0.2, -0.15) is 10.2 Å². The second-order valence-electron chi connectivity index (χ2n) is 5.64. The molecule has 0 bridgehead atoms. The van der Waals surface area contributed by atoms with E-state index in [1.165, 1.54) is 0 Å². The lowest BCUT2D eigenvalue weighted by Gasteiger charge is -2.13. The maximum atomic E-state index is 12.5. The summed E-state index contributed by atoms with van der Waals surface area (Å²) >= 11 is 0. The van der Waals surface area contributed by atoms with Crippen LogP contribution in [0.1, 0.15) is 28.7 Å². The minimum atomic E-state index is -0.187. The van der Waals surface area contributed by atoms with Crippen molar-refractivity contribution in [3.63, 3.8) is 0 Å². The van der Waals surface area contributed by atoms with Crippen LogP contribution in [0.3, 0.4) is 0 Å². The zero-order valence-corrected chi connectivity index (χ0v) is 14.1. The van der Waals surface area contributed by atoms with Crippen molar-refractivity contribution in [3.8, 4) is 0 Å². The molecular formula is C16H19ClN6O. The number of nitrogens with zero attached hydrogens (tertiary/aromatic N) is 3. The third-order valence-corrected chi connectivity index (χ3v) is 4.22. The van der Waals surface area contributed by atoms with E-state index in [1.54, 1.807) is 0 Å². The fourth-order valence-corrected chi connectivity index (χ4v) is 3.00. The summed E-state index contributed by atoms with van der Waals surface area (Å²) < 4.78 is 1.91. The molecule has 0 spiro atoms. The number of aromatic nitrogens is 4. The van der Waals surface area contributed by atoms with Crippen LogP contribution >= 0.6 is 12.4 Å². The average Bonchev–Trinajstić information content (AvgIpc) is 3.18. The largest absolute Gasteiger partial charge is 0.321 e. The number of nitrogens with one attached hydrogen (secondary N) is 3. The van der Waals surface area contributed by atoms with Crippen LogP contribution in [0, 0.1) is 0 Å². The summed E-state index contributed by atoms with van der Waals surface area (Å²) in [6, 6.07) is 5.80. The summed E-state index contributed by atoms with van der Waals surface area (Å²) in [5.41, 5.74) is 4.24. The smallest absolute Gasteiger partial charge is 0.276 e. The predicted octanol–water partition coefficient (Wildman–Crippen LogP) is 2.10. The van der Waals surface area contributed by atoms with Gasteiger partial charge in [-0.15, -0.1) is 12.4 Å². The maximum absolute atomic E-state index is 12.5. The summed E-state index contributed by atoms with van der Waals surface area (Å²) in [6.45, 7) is 4.42. The van der Waals surface area contributed by atoms with Gasteiger partial charge in [-0.3, -0.25) is 14.6 Å². The fraction of sp³-hybridized carbons (Fsp3) is 0.312. The fourth-order valence-electron chi connectivity index (χ4n) is 3.00. The number of benzene rings is 1. The van der Waals surface area contributed by atoms with E-state index in [0.29, 0.717) is 12.2 Å². The molecule has 24 heavy (non-hydrogen) atoms. The van der Waals surface area contributed by atoms with Crippen LogP contribution in [0.5, 0.6) is 0 Å². The summed E-state index contributed by atoms with van der Waals surface area (Å²) in [7, 11) is 0. The van der Waals surface area contributed by atoms with Gasteiger partial charge in [-0.05, 0) is 25.1 Å². The Morgan fingerprint density at radius 3 is 3.12 bits per heavy atom. The molecule has 4 rings (SSSR count). The molecule has 3 heterocycles. The van der Waals surface area contributed by atoms with Gasteiger partial charge in [0.25, 0.3) is 5.91 Å². The van der Waals surface area contributed by atoms with Gasteiger partial charge in [0.1, 0.15) is 0 Å². The Labute approximate surface area is 145 Å². The van der Waals surface area contributed by atoms with Crippen LogP contribution in [-0.2, 0) is 19.5 Å². The maximum Gasteiger partial charge on any atom is 0.276 e. The first kappa shape index (κ1) is 16.5. The Morgan fingerprint density at radius 1 is 1.42 bits per heavy atom. The first-order valence-electron chi connectivity index (χ1n) is 7.80. The van der Waals surface area contributed by atoms with Crippen molar-refractivity contribution in [1.29, 1.82) is 0 Å². The van der Waals surface area contributed by atoms with E-state index < -0.39 is 0 Å². The molecule has 1 aromatic carbocycles. The minimum Gasteiger partial charge on any atom is -0.321 e. The van der Waals surface area contributed by atoms with Crippen molar-refractivity contribution in [3.05, 3.63) is 41.3 Å². The van der Waals surface area contributed by atoms with Gasteiger partial charge >= 0.3 is 0 Å². The molecule has 0 atom stereocenters. The summed E-state index contributed by atoms with van der Waals surface area (Å²) in [5, 5.41) is 18.7. The molecule has 7 nitrogen and oxygen atoms in total. The van der Waals surface area contributed by atoms with Gasteiger partial charge in [-0.25, -0.2) is 0 Å². The molecule has 8 heteroatoms. The summed E-state index contributed by atoms with van der Waals surface area (Å²) in [6.07, 6.45) is 2.71. The second-order valence-corrected chi connectivity index (χ2v) is 5.64. The standard InChI is InChI=1S/C16H18N6O.ClH/c1-2-22-14-7-11(4-3-10(14)8-18-22)19-16(23)15-12-9-17-6-5-13(12)20-21-15;/h3-4,7-8,17H,2,5-6,9H2,1H3,(H,19,23)(H,20,21);1H. The van der Waals surface area contributed by atoms with Gasteiger partial charge in [0, 0.05) is 48.4 Å². The predicted molar refractivity (Wildman–Crippen MR) is 94.6 cm³/mol. The molecule has 1 amide bonds. The molecule has 3 N–H and O–H groups in total. The van der Waals surface area contributed by atoms with Gasteiger partial charge in [0.05, 0.1) is 11.7 Å². The van der Waals surface area contributed by atoms with Crippen molar-refractivity contribution in [2.24, 2.45) is 0 Å². The zero-order chi connectivity index (χ0) is 15.8. The number of halogens is 1. The minimum absolute atomic E-state index is 0. The number of aromatic amines is 1. The molecule has 0 saturated heterocycles. The molecule has 1 aliphatic rings. The highest BCUT2D eigenvalue weighted by Gasteiger charge is 2.21. The molecule has 0 saturated carbocycles.